The molecule has 0 atom stereocenters. The summed E-state index contributed by atoms with van der Waals surface area (Å²) in [7, 11) is 1.87. The Kier molecular flexibility index (Phi) is 6.24. The summed E-state index contributed by atoms with van der Waals surface area (Å²) in [6.07, 6.45) is 5.60. The standard InChI is InChI=1S/C27H23N5O/c1-30-14-13-18-5-8-20(9-6-18)21-11-12-24-25(16-21)23(17-31-27(24)29)10-7-19-3-2-4-22(15-19)26(28)32-33/h2-6,8-9,11-17,30,33H,1H3,(H2,28,32)(H2,29,31)/b14-13-. The van der Waals surface area contributed by atoms with Crippen molar-refractivity contribution in [2.75, 3.05) is 12.8 Å². The van der Waals surface area contributed by atoms with Crippen molar-refractivity contribution in [3.8, 4) is 23.0 Å². The fraction of sp³-hybridized carbons (Fsp3) is 0.0370. The van der Waals surface area contributed by atoms with Crippen LogP contribution in [0.25, 0.3) is 28.0 Å². The van der Waals surface area contributed by atoms with Gasteiger partial charge in [0.05, 0.1) is 5.56 Å². The number of pyridine rings is 1. The molecular formula is C27H23N5O. The molecular weight excluding hydrogens is 410 g/mol. The van der Waals surface area contributed by atoms with E-state index < -0.39 is 0 Å². The van der Waals surface area contributed by atoms with Gasteiger partial charge in [0.15, 0.2) is 5.84 Å². The Balaban J connectivity index is 1.74. The lowest BCUT2D eigenvalue weighted by atomic mass is 9.98. The highest BCUT2D eigenvalue weighted by Gasteiger charge is 2.07. The molecule has 33 heavy (non-hydrogen) atoms. The maximum absolute atomic E-state index is 8.91. The number of aromatic nitrogens is 1. The van der Waals surface area contributed by atoms with Gasteiger partial charge in [-0.1, -0.05) is 65.5 Å². The Morgan fingerprint density at radius 1 is 1.00 bits per heavy atom. The summed E-state index contributed by atoms with van der Waals surface area (Å²) in [5.74, 6) is 6.84. The molecule has 0 fully saturated rings. The number of hydrogen-bond acceptors (Lipinski definition) is 5. The Hall–Kier alpha value is -4.76. The SMILES string of the molecule is CN/C=C\c1ccc(-c2ccc3c(N)ncc(C#Cc4cccc(C(N)=NO)c4)c3c2)cc1. The first-order chi connectivity index (χ1) is 16.1. The van der Waals surface area contributed by atoms with E-state index in [1.54, 1.807) is 18.3 Å². The molecule has 6 heteroatoms. The van der Waals surface area contributed by atoms with E-state index in [9.17, 15) is 0 Å². The van der Waals surface area contributed by atoms with Crippen LogP contribution in [0, 0.1) is 11.8 Å². The normalized spacial score (nSPS) is 11.4. The first-order valence-corrected chi connectivity index (χ1v) is 10.3. The number of nitrogens with zero attached hydrogens (tertiary/aromatic N) is 2. The molecule has 0 aliphatic carbocycles. The average Bonchev–Trinajstić information content (AvgIpc) is 2.87. The number of nitrogen functional groups attached to an aromatic ring is 1. The van der Waals surface area contributed by atoms with Crippen molar-refractivity contribution in [2.45, 2.75) is 0 Å². The molecule has 0 aliphatic rings. The monoisotopic (exact) mass is 433 g/mol. The minimum absolute atomic E-state index is 0.0374. The zero-order valence-electron chi connectivity index (χ0n) is 18.1. The lowest BCUT2D eigenvalue weighted by Crippen LogP contribution is -2.12. The van der Waals surface area contributed by atoms with E-state index in [2.05, 4.69) is 57.6 Å². The van der Waals surface area contributed by atoms with Crippen LogP contribution in [0.5, 0.6) is 0 Å². The molecule has 0 amide bonds. The average molecular weight is 434 g/mol. The van der Waals surface area contributed by atoms with Gasteiger partial charge in [0.25, 0.3) is 0 Å². The number of benzene rings is 3. The van der Waals surface area contributed by atoms with Crippen LogP contribution in [0.2, 0.25) is 0 Å². The first kappa shape index (κ1) is 21.5. The van der Waals surface area contributed by atoms with E-state index in [-0.39, 0.29) is 5.84 Å². The van der Waals surface area contributed by atoms with Crippen molar-refractivity contribution < 1.29 is 5.21 Å². The van der Waals surface area contributed by atoms with Crippen molar-refractivity contribution in [1.29, 1.82) is 0 Å². The van der Waals surface area contributed by atoms with Crippen molar-refractivity contribution in [2.24, 2.45) is 10.9 Å². The van der Waals surface area contributed by atoms with Crippen LogP contribution in [0.3, 0.4) is 0 Å². The van der Waals surface area contributed by atoms with Gasteiger partial charge in [0, 0.05) is 35.1 Å². The van der Waals surface area contributed by atoms with E-state index in [1.807, 2.05) is 43.6 Å². The number of nitrogens with two attached hydrogens (primary N) is 2. The third kappa shape index (κ3) is 4.78. The molecule has 6 nitrogen and oxygen atoms in total. The topological polar surface area (TPSA) is 110 Å². The van der Waals surface area contributed by atoms with E-state index in [0.717, 1.165) is 38.6 Å². The van der Waals surface area contributed by atoms with E-state index in [4.69, 9.17) is 16.7 Å². The largest absolute Gasteiger partial charge is 0.409 e. The minimum atomic E-state index is 0.0374. The second-order valence-corrected chi connectivity index (χ2v) is 7.38. The molecule has 0 unspecified atom stereocenters. The molecule has 0 saturated heterocycles. The molecule has 4 rings (SSSR count). The van der Waals surface area contributed by atoms with Crippen LogP contribution in [0.1, 0.15) is 22.3 Å². The van der Waals surface area contributed by atoms with Crippen molar-refractivity contribution >= 4 is 28.5 Å². The number of hydrogen-bond donors (Lipinski definition) is 4. The highest BCUT2D eigenvalue weighted by atomic mass is 16.4. The van der Waals surface area contributed by atoms with Crippen LogP contribution in [0.15, 0.2) is 84.3 Å². The predicted molar refractivity (Wildman–Crippen MR) is 135 cm³/mol. The molecule has 162 valence electrons. The van der Waals surface area contributed by atoms with Crippen molar-refractivity contribution in [1.82, 2.24) is 10.3 Å². The van der Waals surface area contributed by atoms with Crippen LogP contribution in [-0.2, 0) is 0 Å². The minimum Gasteiger partial charge on any atom is -0.409 e. The van der Waals surface area contributed by atoms with Gasteiger partial charge >= 0.3 is 0 Å². The molecule has 0 saturated carbocycles. The van der Waals surface area contributed by atoms with E-state index >= 15 is 0 Å². The van der Waals surface area contributed by atoms with Gasteiger partial charge in [0.2, 0.25) is 0 Å². The second-order valence-electron chi connectivity index (χ2n) is 7.38. The molecule has 0 bridgehead atoms. The summed E-state index contributed by atoms with van der Waals surface area (Å²) >= 11 is 0. The van der Waals surface area contributed by atoms with Crippen LogP contribution >= 0.6 is 0 Å². The van der Waals surface area contributed by atoms with E-state index in [0.29, 0.717) is 11.4 Å². The summed E-state index contributed by atoms with van der Waals surface area (Å²) in [6.45, 7) is 0. The number of fused-ring (bicyclic) bond motifs is 1. The van der Waals surface area contributed by atoms with Gasteiger partial charge in [0.1, 0.15) is 5.82 Å². The van der Waals surface area contributed by atoms with Crippen LogP contribution in [-0.4, -0.2) is 23.1 Å². The molecule has 0 aliphatic heterocycles. The number of oxime groups is 1. The molecule has 4 aromatic rings. The van der Waals surface area contributed by atoms with Crippen molar-refractivity contribution in [3.05, 3.63) is 101 Å². The van der Waals surface area contributed by atoms with Crippen molar-refractivity contribution in [3.63, 3.8) is 0 Å². The molecule has 1 heterocycles. The first-order valence-electron chi connectivity index (χ1n) is 10.3. The summed E-state index contributed by atoms with van der Waals surface area (Å²) in [4.78, 5) is 4.31. The summed E-state index contributed by atoms with van der Waals surface area (Å²) in [5.41, 5.74) is 17.2. The zero-order valence-corrected chi connectivity index (χ0v) is 18.1. The summed E-state index contributed by atoms with van der Waals surface area (Å²) < 4.78 is 0. The highest BCUT2D eigenvalue weighted by Crippen LogP contribution is 2.29. The molecule has 6 N–H and O–H groups in total. The Morgan fingerprint density at radius 2 is 1.79 bits per heavy atom. The van der Waals surface area contributed by atoms with Crippen LogP contribution < -0.4 is 16.8 Å². The number of anilines is 1. The number of nitrogens with one attached hydrogen (secondary N) is 1. The van der Waals surface area contributed by atoms with Gasteiger partial charge in [-0.25, -0.2) is 4.98 Å². The predicted octanol–water partition coefficient (Wildman–Crippen LogP) is 4.17. The second kappa shape index (κ2) is 9.58. The fourth-order valence-corrected chi connectivity index (χ4v) is 3.46. The summed E-state index contributed by atoms with van der Waals surface area (Å²) in [5, 5.41) is 16.7. The van der Waals surface area contributed by atoms with Gasteiger partial charge in [-0.3, -0.25) is 0 Å². The number of rotatable bonds is 4. The smallest absolute Gasteiger partial charge is 0.170 e. The summed E-state index contributed by atoms with van der Waals surface area (Å²) in [6, 6.07) is 21.6. The third-order valence-corrected chi connectivity index (χ3v) is 5.21. The Bertz CT molecular complexity index is 1430. The Labute approximate surface area is 192 Å². The lowest BCUT2D eigenvalue weighted by Gasteiger charge is -2.08. The van der Waals surface area contributed by atoms with Gasteiger partial charge in [-0.2, -0.15) is 0 Å². The maximum atomic E-state index is 8.91. The third-order valence-electron chi connectivity index (χ3n) is 5.21. The van der Waals surface area contributed by atoms with Crippen LogP contribution in [0.4, 0.5) is 5.82 Å². The fourth-order valence-electron chi connectivity index (χ4n) is 3.46. The molecule has 3 aromatic carbocycles. The number of amidine groups is 1. The van der Waals surface area contributed by atoms with Gasteiger partial charge in [-0.05, 0) is 47.2 Å². The van der Waals surface area contributed by atoms with E-state index in [1.165, 1.54) is 0 Å². The molecule has 0 spiro atoms. The van der Waals surface area contributed by atoms with Gasteiger partial charge < -0.3 is 22.0 Å². The molecule has 0 radical (unpaired) electrons. The highest BCUT2D eigenvalue weighted by molar-refractivity contribution is 5.98. The lowest BCUT2D eigenvalue weighted by molar-refractivity contribution is 0.318. The quantitative estimate of drug-likeness (QED) is 0.127. The molecule has 1 aromatic heterocycles. The Morgan fingerprint density at radius 3 is 2.55 bits per heavy atom. The van der Waals surface area contributed by atoms with Gasteiger partial charge in [-0.15, -0.1) is 0 Å². The zero-order chi connectivity index (χ0) is 23.2. The maximum Gasteiger partial charge on any atom is 0.170 e.